The van der Waals surface area contributed by atoms with E-state index in [1.807, 2.05) is 11.9 Å². The maximum Gasteiger partial charge on any atom is 0.317 e. The normalized spacial score (nSPS) is 22.6. The van der Waals surface area contributed by atoms with Gasteiger partial charge in [-0.1, -0.05) is 25.7 Å². The SMILES string of the molecule is CN(CC1CCCC1)C(=O)NC1CCCC1. The largest absolute Gasteiger partial charge is 0.335 e. The Hall–Kier alpha value is -0.730. The molecule has 0 aromatic carbocycles. The third-order valence-corrected chi connectivity index (χ3v) is 4.04. The molecule has 3 nitrogen and oxygen atoms in total. The lowest BCUT2D eigenvalue weighted by molar-refractivity contribution is 0.196. The molecule has 2 aliphatic carbocycles. The zero-order chi connectivity index (χ0) is 11.4. The molecule has 16 heavy (non-hydrogen) atoms. The summed E-state index contributed by atoms with van der Waals surface area (Å²) in [6.07, 6.45) is 10.2. The van der Waals surface area contributed by atoms with E-state index in [1.165, 1.54) is 51.4 Å². The van der Waals surface area contributed by atoms with Crippen LogP contribution < -0.4 is 5.32 Å². The first kappa shape index (κ1) is 11.7. The van der Waals surface area contributed by atoms with E-state index in [0.717, 1.165) is 12.5 Å². The Balaban J connectivity index is 1.70. The van der Waals surface area contributed by atoms with Gasteiger partial charge in [0.1, 0.15) is 0 Å². The molecule has 0 unspecified atom stereocenters. The Morgan fingerprint density at radius 1 is 1.12 bits per heavy atom. The molecule has 0 radical (unpaired) electrons. The highest BCUT2D eigenvalue weighted by atomic mass is 16.2. The van der Waals surface area contributed by atoms with Crippen molar-refractivity contribution in [3.63, 3.8) is 0 Å². The minimum absolute atomic E-state index is 0.138. The van der Waals surface area contributed by atoms with Crippen molar-refractivity contribution in [2.45, 2.75) is 57.4 Å². The van der Waals surface area contributed by atoms with Crippen LogP contribution in [0.5, 0.6) is 0 Å². The molecule has 2 saturated carbocycles. The monoisotopic (exact) mass is 224 g/mol. The third kappa shape index (κ3) is 3.13. The topological polar surface area (TPSA) is 32.3 Å². The van der Waals surface area contributed by atoms with Gasteiger partial charge in [-0.2, -0.15) is 0 Å². The van der Waals surface area contributed by atoms with Crippen molar-refractivity contribution in [2.75, 3.05) is 13.6 Å². The van der Waals surface area contributed by atoms with E-state index in [1.54, 1.807) is 0 Å². The van der Waals surface area contributed by atoms with Gasteiger partial charge in [-0.3, -0.25) is 0 Å². The van der Waals surface area contributed by atoms with Gasteiger partial charge in [0.05, 0.1) is 0 Å². The molecule has 2 rings (SSSR count). The number of carbonyl (C=O) groups is 1. The van der Waals surface area contributed by atoms with Crippen LogP contribution in [0.3, 0.4) is 0 Å². The van der Waals surface area contributed by atoms with Crippen molar-refractivity contribution in [1.82, 2.24) is 10.2 Å². The van der Waals surface area contributed by atoms with E-state index in [4.69, 9.17) is 0 Å². The van der Waals surface area contributed by atoms with Crippen molar-refractivity contribution in [1.29, 1.82) is 0 Å². The highest BCUT2D eigenvalue weighted by Crippen LogP contribution is 2.25. The molecule has 2 amide bonds. The highest BCUT2D eigenvalue weighted by Gasteiger charge is 2.22. The second kappa shape index (κ2) is 5.55. The average molecular weight is 224 g/mol. The van der Waals surface area contributed by atoms with Crippen LogP contribution in [0.2, 0.25) is 0 Å². The standard InChI is InChI=1S/C13H24N2O/c1-15(10-11-6-2-3-7-11)13(16)14-12-8-4-5-9-12/h11-12H,2-10H2,1H3,(H,14,16). The van der Waals surface area contributed by atoms with Crippen LogP contribution in [0.25, 0.3) is 0 Å². The Kier molecular flexibility index (Phi) is 4.08. The molecular weight excluding hydrogens is 200 g/mol. The molecule has 92 valence electrons. The Bertz CT molecular complexity index is 230. The van der Waals surface area contributed by atoms with Crippen LogP contribution in [0.1, 0.15) is 51.4 Å². The molecular formula is C13H24N2O. The van der Waals surface area contributed by atoms with E-state index in [2.05, 4.69) is 5.32 Å². The number of urea groups is 1. The van der Waals surface area contributed by atoms with Gasteiger partial charge in [0, 0.05) is 19.6 Å². The summed E-state index contributed by atoms with van der Waals surface area (Å²) in [4.78, 5) is 13.8. The van der Waals surface area contributed by atoms with Crippen LogP contribution in [0.4, 0.5) is 4.79 Å². The summed E-state index contributed by atoms with van der Waals surface area (Å²) >= 11 is 0. The van der Waals surface area contributed by atoms with E-state index < -0.39 is 0 Å². The van der Waals surface area contributed by atoms with Gasteiger partial charge in [-0.25, -0.2) is 4.79 Å². The highest BCUT2D eigenvalue weighted by molar-refractivity contribution is 5.74. The summed E-state index contributed by atoms with van der Waals surface area (Å²) in [5.41, 5.74) is 0. The summed E-state index contributed by atoms with van der Waals surface area (Å²) in [6.45, 7) is 0.943. The fraction of sp³-hybridized carbons (Fsp3) is 0.923. The van der Waals surface area contributed by atoms with Gasteiger partial charge in [-0.05, 0) is 31.6 Å². The summed E-state index contributed by atoms with van der Waals surface area (Å²) in [7, 11) is 1.93. The zero-order valence-corrected chi connectivity index (χ0v) is 10.4. The minimum Gasteiger partial charge on any atom is -0.335 e. The third-order valence-electron chi connectivity index (χ3n) is 4.04. The number of hydrogen-bond acceptors (Lipinski definition) is 1. The average Bonchev–Trinajstić information content (AvgIpc) is 2.90. The summed E-state index contributed by atoms with van der Waals surface area (Å²) in [6, 6.07) is 0.581. The second-order valence-corrected chi connectivity index (χ2v) is 5.46. The lowest BCUT2D eigenvalue weighted by Crippen LogP contribution is -2.43. The molecule has 2 fully saturated rings. The lowest BCUT2D eigenvalue weighted by Gasteiger charge is -2.23. The minimum atomic E-state index is 0.138. The number of hydrogen-bond donors (Lipinski definition) is 1. The van der Waals surface area contributed by atoms with Crippen molar-refractivity contribution in [3.8, 4) is 0 Å². The van der Waals surface area contributed by atoms with Gasteiger partial charge >= 0.3 is 6.03 Å². The fourth-order valence-corrected chi connectivity index (χ4v) is 3.02. The summed E-state index contributed by atoms with van der Waals surface area (Å²) in [5, 5.41) is 3.14. The molecule has 0 heterocycles. The first-order valence-corrected chi connectivity index (χ1v) is 6.77. The van der Waals surface area contributed by atoms with E-state index in [0.29, 0.717) is 6.04 Å². The van der Waals surface area contributed by atoms with Gasteiger partial charge in [0.2, 0.25) is 0 Å². The molecule has 0 aliphatic heterocycles. The van der Waals surface area contributed by atoms with E-state index >= 15 is 0 Å². The molecule has 1 N–H and O–H groups in total. The zero-order valence-electron chi connectivity index (χ0n) is 10.4. The van der Waals surface area contributed by atoms with Crippen LogP contribution in [-0.2, 0) is 0 Å². The fourth-order valence-electron chi connectivity index (χ4n) is 3.02. The molecule has 0 saturated heterocycles. The van der Waals surface area contributed by atoms with Crippen LogP contribution in [0.15, 0.2) is 0 Å². The van der Waals surface area contributed by atoms with Crippen molar-refractivity contribution in [3.05, 3.63) is 0 Å². The van der Waals surface area contributed by atoms with Gasteiger partial charge in [-0.15, -0.1) is 0 Å². The number of carbonyl (C=O) groups excluding carboxylic acids is 1. The Labute approximate surface area is 98.6 Å². The molecule has 0 aromatic rings. The summed E-state index contributed by atoms with van der Waals surface area (Å²) in [5.74, 6) is 0.749. The summed E-state index contributed by atoms with van der Waals surface area (Å²) < 4.78 is 0. The maximum absolute atomic E-state index is 11.9. The quantitative estimate of drug-likeness (QED) is 0.785. The van der Waals surface area contributed by atoms with Gasteiger partial charge in [0.25, 0.3) is 0 Å². The molecule has 2 aliphatic rings. The van der Waals surface area contributed by atoms with Crippen LogP contribution in [0, 0.1) is 5.92 Å². The van der Waals surface area contributed by atoms with Crippen molar-refractivity contribution < 1.29 is 4.79 Å². The van der Waals surface area contributed by atoms with Gasteiger partial charge < -0.3 is 10.2 Å². The lowest BCUT2D eigenvalue weighted by atomic mass is 10.1. The van der Waals surface area contributed by atoms with Gasteiger partial charge in [0.15, 0.2) is 0 Å². The molecule has 0 bridgehead atoms. The predicted octanol–water partition coefficient (Wildman–Crippen LogP) is 2.76. The Morgan fingerprint density at radius 2 is 1.69 bits per heavy atom. The van der Waals surface area contributed by atoms with Crippen LogP contribution >= 0.6 is 0 Å². The van der Waals surface area contributed by atoms with Crippen molar-refractivity contribution >= 4 is 6.03 Å². The molecule has 0 aromatic heterocycles. The molecule has 3 heteroatoms. The molecule has 0 spiro atoms. The second-order valence-electron chi connectivity index (χ2n) is 5.46. The van der Waals surface area contributed by atoms with Crippen LogP contribution in [-0.4, -0.2) is 30.6 Å². The predicted molar refractivity (Wildman–Crippen MR) is 65.4 cm³/mol. The number of rotatable bonds is 3. The first-order chi connectivity index (χ1) is 7.75. The van der Waals surface area contributed by atoms with E-state index in [-0.39, 0.29) is 6.03 Å². The van der Waals surface area contributed by atoms with Crippen molar-refractivity contribution in [2.24, 2.45) is 5.92 Å². The van der Waals surface area contributed by atoms with E-state index in [9.17, 15) is 4.79 Å². The maximum atomic E-state index is 11.9. The Morgan fingerprint density at radius 3 is 2.31 bits per heavy atom. The smallest absolute Gasteiger partial charge is 0.317 e. The number of amides is 2. The number of nitrogens with one attached hydrogen (secondary N) is 1. The first-order valence-electron chi connectivity index (χ1n) is 6.77. The number of nitrogens with zero attached hydrogens (tertiary/aromatic N) is 1. The molecule has 0 atom stereocenters.